The molecule has 0 N–H and O–H groups in total. The molecule has 0 fully saturated rings. The highest BCUT2D eigenvalue weighted by Crippen LogP contribution is 2.26. The van der Waals surface area contributed by atoms with Crippen LogP contribution in [0.4, 0.5) is 0 Å². The second kappa shape index (κ2) is 6.80. The van der Waals surface area contributed by atoms with Gasteiger partial charge in [-0.3, -0.25) is 9.36 Å². The molecule has 0 saturated carbocycles. The lowest BCUT2D eigenvalue weighted by molar-refractivity contribution is 0.0954. The first-order valence-electron chi connectivity index (χ1n) is 7.74. The summed E-state index contributed by atoms with van der Waals surface area (Å²) in [7, 11) is 5.68. The fourth-order valence-corrected chi connectivity index (χ4v) is 2.63. The zero-order chi connectivity index (χ0) is 17.1. The summed E-state index contributed by atoms with van der Waals surface area (Å²) in [6, 6.07) is 7.47. The van der Waals surface area contributed by atoms with E-state index in [0.717, 1.165) is 29.4 Å². The first kappa shape index (κ1) is 16.1. The summed E-state index contributed by atoms with van der Waals surface area (Å²) in [6.45, 7) is 0.904. The van der Waals surface area contributed by atoms with Gasteiger partial charge in [0.25, 0.3) is 5.91 Å². The third kappa shape index (κ3) is 3.14. The lowest BCUT2D eigenvalue weighted by atomic mass is 10.1. The van der Waals surface area contributed by atoms with Gasteiger partial charge in [0.15, 0.2) is 0 Å². The van der Waals surface area contributed by atoms with Crippen LogP contribution in [-0.4, -0.2) is 53.1 Å². The molecule has 0 aliphatic rings. The molecule has 3 aromatic rings. The Morgan fingerprint density at radius 2 is 2.00 bits per heavy atom. The van der Waals surface area contributed by atoms with Gasteiger partial charge in [-0.15, -0.1) is 0 Å². The first-order valence-corrected chi connectivity index (χ1v) is 7.74. The van der Waals surface area contributed by atoms with Gasteiger partial charge >= 0.3 is 0 Å². The molecule has 0 spiro atoms. The smallest absolute Gasteiger partial charge is 0.300 e. The Morgan fingerprint density at radius 3 is 2.67 bits per heavy atom. The molecule has 2 heterocycles. The largest absolute Gasteiger partial charge is 0.497 e. The monoisotopic (exact) mass is 324 g/mol. The van der Waals surface area contributed by atoms with Crippen molar-refractivity contribution in [1.82, 2.24) is 19.4 Å². The first-order chi connectivity index (χ1) is 11.6. The number of benzene rings is 1. The second-order valence-electron chi connectivity index (χ2n) is 5.84. The van der Waals surface area contributed by atoms with Crippen LogP contribution < -0.4 is 4.74 Å². The Kier molecular flexibility index (Phi) is 4.57. The second-order valence-corrected chi connectivity index (χ2v) is 5.84. The number of carbonyl (C=O) groups is 1. The third-order valence-corrected chi connectivity index (χ3v) is 3.90. The van der Waals surface area contributed by atoms with Crippen molar-refractivity contribution in [2.45, 2.75) is 6.42 Å². The lowest BCUT2D eigenvalue weighted by Gasteiger charge is -2.08. The van der Waals surface area contributed by atoms with Crippen LogP contribution in [0.1, 0.15) is 16.2 Å². The van der Waals surface area contributed by atoms with Crippen molar-refractivity contribution in [3.8, 4) is 5.75 Å². The molecule has 6 nitrogen and oxygen atoms in total. The van der Waals surface area contributed by atoms with E-state index in [1.807, 2.05) is 38.5 Å². The van der Waals surface area contributed by atoms with E-state index < -0.39 is 0 Å². The van der Waals surface area contributed by atoms with Crippen LogP contribution >= 0.6 is 0 Å². The number of likely N-dealkylation sites (N-methyl/N-ethyl adjacent to an activating group) is 1. The van der Waals surface area contributed by atoms with Crippen LogP contribution in [0, 0.1) is 0 Å². The van der Waals surface area contributed by atoms with E-state index in [4.69, 9.17) is 4.74 Å². The number of ether oxygens (including phenoxy) is 1. The zero-order valence-electron chi connectivity index (χ0n) is 14.1. The molecule has 1 aromatic carbocycles. The Bertz CT molecular complexity index is 856. The van der Waals surface area contributed by atoms with Crippen molar-refractivity contribution >= 4 is 16.8 Å². The minimum atomic E-state index is -0.245. The zero-order valence-corrected chi connectivity index (χ0v) is 14.1. The summed E-state index contributed by atoms with van der Waals surface area (Å²) < 4.78 is 6.92. The van der Waals surface area contributed by atoms with E-state index in [-0.39, 0.29) is 11.7 Å². The summed E-state index contributed by atoms with van der Waals surface area (Å²) in [6.07, 6.45) is 5.87. The predicted molar refractivity (Wildman–Crippen MR) is 92.5 cm³/mol. The third-order valence-electron chi connectivity index (χ3n) is 3.90. The molecule has 0 amide bonds. The average Bonchev–Trinajstić information content (AvgIpc) is 2.97. The molecule has 2 aromatic heterocycles. The van der Waals surface area contributed by atoms with Crippen molar-refractivity contribution in [1.29, 1.82) is 0 Å². The van der Waals surface area contributed by atoms with Gasteiger partial charge in [0, 0.05) is 36.6 Å². The molecule has 0 bridgehead atoms. The van der Waals surface area contributed by atoms with Gasteiger partial charge in [0.05, 0.1) is 12.6 Å². The van der Waals surface area contributed by atoms with Crippen molar-refractivity contribution < 1.29 is 9.53 Å². The fraction of sp³-hybridized carbons (Fsp3) is 0.278. The van der Waals surface area contributed by atoms with E-state index >= 15 is 0 Å². The lowest BCUT2D eigenvalue weighted by Crippen LogP contribution is -2.15. The molecule has 0 atom stereocenters. The molecule has 3 rings (SSSR count). The Hall–Kier alpha value is -2.73. The van der Waals surface area contributed by atoms with Gasteiger partial charge in [-0.05, 0) is 44.3 Å². The van der Waals surface area contributed by atoms with Gasteiger partial charge in [0.2, 0.25) is 5.82 Å². The molecular formula is C18H20N4O2. The maximum atomic E-state index is 12.8. The molecule has 124 valence electrons. The summed E-state index contributed by atoms with van der Waals surface area (Å²) in [5.74, 6) is 0.643. The number of aromatic nitrogens is 3. The SMILES string of the molecule is COc1ccc2c(CCN(C)C)cn(C(=O)c3ncccn3)c2c1. The normalized spacial score (nSPS) is 11.2. The van der Waals surface area contributed by atoms with E-state index in [1.165, 1.54) is 0 Å². The number of nitrogens with zero attached hydrogens (tertiary/aromatic N) is 4. The molecule has 0 unspecified atom stereocenters. The number of hydrogen-bond acceptors (Lipinski definition) is 5. The molecule has 24 heavy (non-hydrogen) atoms. The van der Waals surface area contributed by atoms with Gasteiger partial charge < -0.3 is 9.64 Å². The fourth-order valence-electron chi connectivity index (χ4n) is 2.63. The summed E-state index contributed by atoms with van der Waals surface area (Å²) in [5, 5.41) is 1.04. The van der Waals surface area contributed by atoms with Crippen LogP contribution in [0.25, 0.3) is 10.9 Å². The number of fused-ring (bicyclic) bond motifs is 1. The minimum absolute atomic E-state index is 0.177. The quantitative estimate of drug-likeness (QED) is 0.720. The predicted octanol–water partition coefficient (Wildman–Crippen LogP) is 2.23. The number of methoxy groups -OCH3 is 1. The van der Waals surface area contributed by atoms with E-state index in [2.05, 4.69) is 14.9 Å². The van der Waals surface area contributed by atoms with Crippen molar-refractivity contribution in [2.24, 2.45) is 0 Å². The Morgan fingerprint density at radius 1 is 1.25 bits per heavy atom. The van der Waals surface area contributed by atoms with Crippen LogP contribution in [0.2, 0.25) is 0 Å². The van der Waals surface area contributed by atoms with Crippen LogP contribution in [0.5, 0.6) is 5.75 Å². The molecule has 0 aliphatic heterocycles. The van der Waals surface area contributed by atoms with E-state index in [9.17, 15) is 4.79 Å². The van der Waals surface area contributed by atoms with Gasteiger partial charge in [-0.2, -0.15) is 0 Å². The highest BCUT2D eigenvalue weighted by atomic mass is 16.5. The Balaban J connectivity index is 2.10. The number of rotatable bonds is 5. The van der Waals surface area contributed by atoms with Crippen LogP contribution in [-0.2, 0) is 6.42 Å². The average molecular weight is 324 g/mol. The molecule has 0 radical (unpaired) electrons. The maximum Gasteiger partial charge on any atom is 0.300 e. The van der Waals surface area contributed by atoms with Crippen molar-refractivity contribution in [3.05, 3.63) is 54.2 Å². The highest BCUT2D eigenvalue weighted by molar-refractivity contribution is 6.01. The summed E-state index contributed by atoms with van der Waals surface area (Å²) in [5.41, 5.74) is 1.92. The van der Waals surface area contributed by atoms with Gasteiger partial charge in [-0.25, -0.2) is 9.97 Å². The van der Waals surface area contributed by atoms with Crippen molar-refractivity contribution in [2.75, 3.05) is 27.7 Å². The molecule has 0 aliphatic carbocycles. The minimum Gasteiger partial charge on any atom is -0.497 e. The van der Waals surface area contributed by atoms with Crippen LogP contribution in [0.15, 0.2) is 42.9 Å². The van der Waals surface area contributed by atoms with Gasteiger partial charge in [-0.1, -0.05) is 0 Å². The number of carbonyl (C=O) groups excluding carboxylic acids is 1. The Labute approximate surface area is 140 Å². The molecule has 6 heteroatoms. The van der Waals surface area contributed by atoms with Gasteiger partial charge in [0.1, 0.15) is 5.75 Å². The van der Waals surface area contributed by atoms with Crippen LogP contribution in [0.3, 0.4) is 0 Å². The summed E-state index contributed by atoms with van der Waals surface area (Å²) >= 11 is 0. The highest BCUT2D eigenvalue weighted by Gasteiger charge is 2.17. The molecular weight excluding hydrogens is 304 g/mol. The van der Waals surface area contributed by atoms with E-state index in [0.29, 0.717) is 5.75 Å². The number of hydrogen-bond donors (Lipinski definition) is 0. The summed E-state index contributed by atoms with van der Waals surface area (Å²) in [4.78, 5) is 23.1. The molecule has 0 saturated heterocycles. The standard InChI is InChI=1S/C18H20N4O2/c1-21(2)10-7-13-12-22(18(23)17-19-8-4-9-20-17)16-11-14(24-3)5-6-15(13)16/h4-6,8-9,11-12H,7,10H2,1-3H3. The topological polar surface area (TPSA) is 60.2 Å². The maximum absolute atomic E-state index is 12.8. The van der Waals surface area contributed by atoms with E-state index in [1.54, 1.807) is 30.1 Å². The van der Waals surface area contributed by atoms with Crippen molar-refractivity contribution in [3.63, 3.8) is 0 Å².